The second-order valence-electron chi connectivity index (χ2n) is 8.20. The SMILES string of the molecule is CC.CC.CC.CC.CC(=O)c1ccc(-c2ccc([C-]=O)cc2C)c(C)c1.Cc1c[c-]ccc1-c1cc[c-]cc1C.[CH3-].[Y].[Y]. The Morgan fingerprint density at radius 2 is 0.932 bits per heavy atom. The number of ketones is 1. The van der Waals surface area contributed by atoms with Crippen molar-refractivity contribution in [3.05, 3.63) is 126 Å². The number of Topliss-reactive ketones (excluding diaryl/α,β-unsaturated/α-hetero) is 1. The largest absolute Gasteiger partial charge is 0.376 e. The van der Waals surface area contributed by atoms with Gasteiger partial charge in [0, 0.05) is 71.0 Å². The van der Waals surface area contributed by atoms with E-state index in [0.29, 0.717) is 5.56 Å². The number of hydrogen-bond donors (Lipinski definition) is 0. The molecule has 0 saturated heterocycles. The Morgan fingerprint density at radius 1 is 0.568 bits per heavy atom. The van der Waals surface area contributed by atoms with E-state index in [1.807, 2.05) is 130 Å². The van der Waals surface area contributed by atoms with Crippen LogP contribution >= 0.6 is 0 Å². The molecule has 236 valence electrons. The van der Waals surface area contributed by atoms with E-state index in [-0.39, 0.29) is 78.6 Å². The van der Waals surface area contributed by atoms with Crippen LogP contribution < -0.4 is 0 Å². The molecule has 4 heteroatoms. The molecule has 0 aromatic heterocycles. The van der Waals surface area contributed by atoms with Gasteiger partial charge in [-0.3, -0.25) is 4.79 Å². The monoisotopic (exact) mass is 744 g/mol. The van der Waals surface area contributed by atoms with Crippen molar-refractivity contribution in [3.63, 3.8) is 0 Å². The average molecular weight is 745 g/mol. The molecule has 0 N–H and O–H groups in total. The molecule has 2 radical (unpaired) electrons. The van der Waals surface area contributed by atoms with Crippen molar-refractivity contribution in [2.45, 2.75) is 90.0 Å². The Morgan fingerprint density at radius 3 is 1.25 bits per heavy atom. The first-order valence-electron chi connectivity index (χ1n) is 14.9. The fourth-order valence-corrected chi connectivity index (χ4v) is 3.85. The fraction of sp³-hybridized carbons (Fsp3) is 0.325. The van der Waals surface area contributed by atoms with Crippen LogP contribution in [0.1, 0.15) is 100 Å². The number of aryl methyl sites for hydroxylation is 4. The van der Waals surface area contributed by atoms with Crippen molar-refractivity contribution in [2.24, 2.45) is 0 Å². The van der Waals surface area contributed by atoms with Gasteiger partial charge in [-0.05, 0) is 36.6 Å². The third-order valence-corrected chi connectivity index (χ3v) is 5.70. The first-order valence-corrected chi connectivity index (χ1v) is 14.9. The summed E-state index contributed by atoms with van der Waals surface area (Å²) in [7, 11) is 0. The molecule has 0 aliphatic carbocycles. The van der Waals surface area contributed by atoms with Crippen molar-refractivity contribution in [1.82, 2.24) is 0 Å². The van der Waals surface area contributed by atoms with Crippen molar-refractivity contribution in [3.8, 4) is 22.3 Å². The average Bonchev–Trinajstić information content (AvgIpc) is 3.02. The summed E-state index contributed by atoms with van der Waals surface area (Å²) in [5, 5.41) is 0. The summed E-state index contributed by atoms with van der Waals surface area (Å²) in [4.78, 5) is 22.0. The maximum Gasteiger partial charge on any atom is 0.159 e. The molecule has 4 rings (SSSR count). The molecule has 0 unspecified atom stereocenters. The summed E-state index contributed by atoms with van der Waals surface area (Å²) >= 11 is 0. The minimum Gasteiger partial charge on any atom is -0.376 e. The number of hydrogen-bond acceptors (Lipinski definition) is 2. The van der Waals surface area contributed by atoms with Gasteiger partial charge in [-0.2, -0.15) is 77.4 Å². The molecule has 44 heavy (non-hydrogen) atoms. The van der Waals surface area contributed by atoms with Crippen LogP contribution in [0.15, 0.2) is 72.8 Å². The van der Waals surface area contributed by atoms with E-state index >= 15 is 0 Å². The molecule has 0 saturated carbocycles. The topological polar surface area (TPSA) is 34.1 Å². The molecule has 2 nitrogen and oxygen atoms in total. The third kappa shape index (κ3) is 17.2. The van der Waals surface area contributed by atoms with Gasteiger partial charge in [-0.1, -0.05) is 93.9 Å². The summed E-state index contributed by atoms with van der Waals surface area (Å²) in [6.45, 7) is 25.7. The zero-order chi connectivity index (χ0) is 32.0. The molecular weight excluding hydrogens is 690 g/mol. The van der Waals surface area contributed by atoms with E-state index in [1.54, 1.807) is 13.0 Å². The minimum atomic E-state index is 0. The smallest absolute Gasteiger partial charge is 0.159 e. The third-order valence-electron chi connectivity index (χ3n) is 5.70. The van der Waals surface area contributed by atoms with Gasteiger partial charge in [0.1, 0.15) is 0 Å². The summed E-state index contributed by atoms with van der Waals surface area (Å²) in [6, 6.07) is 29.5. The Kier molecular flexibility index (Phi) is 37.1. The van der Waals surface area contributed by atoms with Gasteiger partial charge in [-0.25, -0.2) is 0 Å². The van der Waals surface area contributed by atoms with Gasteiger partial charge < -0.3 is 12.2 Å². The van der Waals surface area contributed by atoms with Gasteiger partial charge in [0.2, 0.25) is 0 Å². The zero-order valence-electron chi connectivity index (χ0n) is 29.9. The molecule has 0 spiro atoms. The van der Waals surface area contributed by atoms with Crippen molar-refractivity contribution in [1.29, 1.82) is 0 Å². The molecule has 0 amide bonds. The van der Waals surface area contributed by atoms with Crippen LogP contribution in [0, 0.1) is 47.3 Å². The van der Waals surface area contributed by atoms with Crippen molar-refractivity contribution < 1.29 is 75.0 Å². The van der Waals surface area contributed by atoms with Crippen LogP contribution in [0.25, 0.3) is 22.3 Å². The van der Waals surface area contributed by atoms with Crippen LogP contribution in [-0.4, -0.2) is 12.1 Å². The predicted molar refractivity (Wildman–Crippen MR) is 187 cm³/mol. The van der Waals surface area contributed by atoms with Crippen LogP contribution in [0.2, 0.25) is 0 Å². The second-order valence-corrected chi connectivity index (χ2v) is 8.20. The summed E-state index contributed by atoms with van der Waals surface area (Å²) < 4.78 is 0. The molecule has 0 aliphatic rings. The van der Waals surface area contributed by atoms with Crippen LogP contribution in [-0.2, 0) is 70.2 Å². The normalized spacial score (nSPS) is 8.20. The number of benzene rings is 4. The Hall–Kier alpha value is -1.57. The summed E-state index contributed by atoms with van der Waals surface area (Å²) in [5.74, 6) is 0.0669. The van der Waals surface area contributed by atoms with Gasteiger partial charge >= 0.3 is 0 Å². The molecule has 0 bridgehead atoms. The van der Waals surface area contributed by atoms with Crippen molar-refractivity contribution >= 4 is 12.1 Å². The molecule has 0 heterocycles. The second kappa shape index (κ2) is 31.4. The van der Waals surface area contributed by atoms with Gasteiger partial charge in [0.05, 0.1) is 6.29 Å². The quantitative estimate of drug-likeness (QED) is 0.154. The predicted octanol–water partition coefficient (Wildman–Crippen LogP) is 11.8. The Labute approximate surface area is 322 Å². The Balaban J connectivity index is -0.000000181. The van der Waals surface area contributed by atoms with Gasteiger partial charge in [-0.15, -0.1) is 17.2 Å². The molecule has 0 atom stereocenters. The van der Waals surface area contributed by atoms with E-state index < -0.39 is 0 Å². The molecule has 4 aromatic carbocycles. The number of carbonyl (C=O) groups is 1. The van der Waals surface area contributed by atoms with Crippen LogP contribution in [0.5, 0.6) is 0 Å². The summed E-state index contributed by atoms with van der Waals surface area (Å²) in [5.41, 5.74) is 10.6. The van der Waals surface area contributed by atoms with E-state index in [9.17, 15) is 9.59 Å². The molecule has 0 fully saturated rings. The van der Waals surface area contributed by atoms with Crippen LogP contribution in [0.3, 0.4) is 0 Å². The maximum absolute atomic E-state index is 11.4. The number of rotatable bonds is 4. The maximum atomic E-state index is 11.4. The molecule has 4 aromatic rings. The van der Waals surface area contributed by atoms with Gasteiger partial charge in [0.25, 0.3) is 0 Å². The van der Waals surface area contributed by atoms with E-state index in [0.717, 1.165) is 27.8 Å². The minimum absolute atomic E-state index is 0. The molecule has 0 aliphatic heterocycles. The first-order chi connectivity index (χ1) is 19.8. The standard InChI is InChI=1S/C17H15O2.C14H12.4C2H6.CH3.2Y/c1-11-8-14(10-18)4-6-16(11)17-7-5-15(13(3)19)9-12(17)2;1-11-7-3-5-9-13(11)14-10-6-4-8-12(14)2;4*1-2;;;/h4-9H,1-3H3;5-10H,1-2H3;4*1-2H3;1H3;;/q-1;-2;;;;;-1;;. The fourth-order valence-electron chi connectivity index (χ4n) is 3.85. The van der Waals surface area contributed by atoms with Crippen LogP contribution in [0.4, 0.5) is 0 Å². The number of carbonyl (C=O) groups excluding carboxylic acids is 2. The summed E-state index contributed by atoms with van der Waals surface area (Å²) in [6.07, 6.45) is 1.89. The Bertz CT molecular complexity index is 1270. The van der Waals surface area contributed by atoms with E-state index in [4.69, 9.17) is 0 Å². The van der Waals surface area contributed by atoms with E-state index in [1.165, 1.54) is 22.3 Å². The molecular formula is C40H54O2Y2-4. The van der Waals surface area contributed by atoms with E-state index in [2.05, 4.69) is 38.1 Å². The first kappa shape index (κ1) is 52.0. The van der Waals surface area contributed by atoms with Gasteiger partial charge in [0.15, 0.2) is 5.78 Å². The zero-order valence-corrected chi connectivity index (χ0v) is 35.6. The van der Waals surface area contributed by atoms with Crippen molar-refractivity contribution in [2.75, 3.05) is 0 Å².